The topological polar surface area (TPSA) is 65.4 Å². The highest BCUT2D eigenvalue weighted by atomic mass is 32.1. The number of hydrogen-bond acceptors (Lipinski definition) is 5. The number of nitrogens with zero attached hydrogens (tertiary/aromatic N) is 2. The number of carbonyl (C=O) groups is 1. The number of carbonyl (C=O) groups excluding carboxylic acids is 1. The first-order chi connectivity index (χ1) is 14.7. The molecule has 4 aromatic rings. The van der Waals surface area contributed by atoms with E-state index in [9.17, 15) is 4.79 Å². The van der Waals surface area contributed by atoms with Crippen LogP contribution < -0.4 is 14.8 Å². The van der Waals surface area contributed by atoms with Crippen LogP contribution in [0.25, 0.3) is 22.0 Å². The van der Waals surface area contributed by atoms with Crippen LogP contribution in [0.2, 0.25) is 0 Å². The molecule has 0 radical (unpaired) electrons. The molecule has 4 rings (SSSR count). The van der Waals surface area contributed by atoms with Gasteiger partial charge in [-0.05, 0) is 12.1 Å². The van der Waals surface area contributed by atoms with E-state index in [1.165, 1.54) is 0 Å². The van der Waals surface area contributed by atoms with Crippen LogP contribution in [-0.4, -0.2) is 29.7 Å². The fraction of sp³-hybridized carbons (Fsp3) is 0.130. The smallest absolute Gasteiger partial charge is 0.244 e. The van der Waals surface area contributed by atoms with Crippen molar-refractivity contribution in [3.8, 4) is 33.5 Å². The number of benzene rings is 2. The zero-order valence-corrected chi connectivity index (χ0v) is 17.5. The third-order valence-electron chi connectivity index (χ3n) is 4.57. The van der Waals surface area contributed by atoms with Gasteiger partial charge in [-0.1, -0.05) is 30.3 Å². The highest BCUT2D eigenvalue weighted by molar-refractivity contribution is 7.13. The molecule has 0 spiro atoms. The Morgan fingerprint density at radius 1 is 1.03 bits per heavy atom. The van der Waals surface area contributed by atoms with E-state index in [0.29, 0.717) is 17.2 Å². The third-order valence-corrected chi connectivity index (χ3v) is 5.44. The first-order valence-corrected chi connectivity index (χ1v) is 10.2. The van der Waals surface area contributed by atoms with Crippen molar-refractivity contribution in [2.45, 2.75) is 6.54 Å². The van der Waals surface area contributed by atoms with Crippen LogP contribution in [0.5, 0.6) is 11.5 Å². The van der Waals surface area contributed by atoms with Gasteiger partial charge in [0.25, 0.3) is 0 Å². The van der Waals surface area contributed by atoms with Crippen molar-refractivity contribution in [3.63, 3.8) is 0 Å². The molecule has 2 heterocycles. The van der Waals surface area contributed by atoms with Crippen LogP contribution >= 0.6 is 11.3 Å². The lowest BCUT2D eigenvalue weighted by molar-refractivity contribution is -0.116. The molecule has 0 bridgehead atoms. The largest absolute Gasteiger partial charge is 0.497 e. The molecule has 0 fully saturated rings. The zero-order chi connectivity index (χ0) is 20.9. The Labute approximate surface area is 178 Å². The summed E-state index contributed by atoms with van der Waals surface area (Å²) in [6.07, 6.45) is 1.88. The summed E-state index contributed by atoms with van der Waals surface area (Å²) in [7, 11) is 3.15. The number of anilines is 1. The van der Waals surface area contributed by atoms with Crippen molar-refractivity contribution in [2.24, 2.45) is 0 Å². The average Bonchev–Trinajstić information content (AvgIpc) is 3.43. The monoisotopic (exact) mass is 419 g/mol. The van der Waals surface area contributed by atoms with E-state index in [4.69, 9.17) is 14.5 Å². The molecular weight excluding hydrogens is 398 g/mol. The molecule has 1 amide bonds. The van der Waals surface area contributed by atoms with Gasteiger partial charge < -0.3 is 19.4 Å². The summed E-state index contributed by atoms with van der Waals surface area (Å²) in [6, 6.07) is 19.2. The molecule has 0 atom stereocenters. The normalized spacial score (nSPS) is 10.6. The van der Waals surface area contributed by atoms with Gasteiger partial charge in [0.15, 0.2) is 0 Å². The lowest BCUT2D eigenvalue weighted by atomic mass is 10.2. The predicted octanol–water partition coefficient (Wildman–Crippen LogP) is 4.93. The highest BCUT2D eigenvalue weighted by Crippen LogP contribution is 2.29. The summed E-state index contributed by atoms with van der Waals surface area (Å²) < 4.78 is 12.4. The van der Waals surface area contributed by atoms with Gasteiger partial charge in [-0.15, -0.1) is 11.3 Å². The second-order valence-corrected chi connectivity index (χ2v) is 7.43. The lowest BCUT2D eigenvalue weighted by Gasteiger charge is -2.11. The molecule has 1 N–H and O–H groups in total. The first kappa shape index (κ1) is 19.7. The summed E-state index contributed by atoms with van der Waals surface area (Å²) in [4.78, 5) is 17.4. The second-order valence-electron chi connectivity index (χ2n) is 6.57. The molecule has 2 aromatic heterocycles. The molecule has 152 valence electrons. The van der Waals surface area contributed by atoms with Crippen molar-refractivity contribution in [1.29, 1.82) is 0 Å². The van der Waals surface area contributed by atoms with Gasteiger partial charge in [-0.25, -0.2) is 4.98 Å². The number of amides is 1. The summed E-state index contributed by atoms with van der Waals surface area (Å²) in [5, 5.41) is 5.81. The number of ether oxygens (including phenoxy) is 2. The van der Waals surface area contributed by atoms with Crippen molar-refractivity contribution in [1.82, 2.24) is 9.55 Å². The van der Waals surface area contributed by atoms with Crippen LogP contribution in [0.1, 0.15) is 0 Å². The van der Waals surface area contributed by atoms with E-state index in [1.54, 1.807) is 43.8 Å². The summed E-state index contributed by atoms with van der Waals surface area (Å²) in [5.41, 5.74) is 3.52. The number of aromatic nitrogens is 2. The Hall–Kier alpha value is -3.58. The van der Waals surface area contributed by atoms with E-state index >= 15 is 0 Å². The van der Waals surface area contributed by atoms with Gasteiger partial charge in [-0.2, -0.15) is 0 Å². The van der Waals surface area contributed by atoms with Gasteiger partial charge in [0.1, 0.15) is 23.1 Å². The molecule has 0 aliphatic rings. The fourth-order valence-electron chi connectivity index (χ4n) is 3.11. The van der Waals surface area contributed by atoms with Crippen LogP contribution in [0, 0.1) is 0 Å². The van der Waals surface area contributed by atoms with Crippen molar-refractivity contribution < 1.29 is 14.3 Å². The Morgan fingerprint density at radius 2 is 1.77 bits per heavy atom. The second kappa shape index (κ2) is 8.84. The molecule has 30 heavy (non-hydrogen) atoms. The molecule has 0 saturated carbocycles. The Kier molecular flexibility index (Phi) is 5.81. The Bertz CT molecular complexity index is 1130. The highest BCUT2D eigenvalue weighted by Gasteiger charge is 2.13. The van der Waals surface area contributed by atoms with Crippen LogP contribution in [0.4, 0.5) is 5.69 Å². The molecule has 0 saturated heterocycles. The SMILES string of the molecule is COc1cc(NC(=O)Cn2cccc2-c2nc(-c3ccccc3)cs2)cc(OC)c1. The summed E-state index contributed by atoms with van der Waals surface area (Å²) >= 11 is 1.56. The Balaban J connectivity index is 1.50. The van der Waals surface area contributed by atoms with E-state index in [2.05, 4.69) is 5.32 Å². The van der Waals surface area contributed by atoms with E-state index in [-0.39, 0.29) is 12.5 Å². The van der Waals surface area contributed by atoms with Crippen LogP contribution in [-0.2, 0) is 11.3 Å². The third kappa shape index (κ3) is 4.36. The predicted molar refractivity (Wildman–Crippen MR) is 119 cm³/mol. The maximum Gasteiger partial charge on any atom is 0.244 e. The minimum absolute atomic E-state index is 0.150. The summed E-state index contributed by atoms with van der Waals surface area (Å²) in [6.45, 7) is 0.169. The number of hydrogen-bond donors (Lipinski definition) is 1. The number of nitrogens with one attached hydrogen (secondary N) is 1. The minimum atomic E-state index is -0.150. The number of rotatable bonds is 7. The lowest BCUT2D eigenvalue weighted by Crippen LogP contribution is -2.18. The molecule has 0 aliphatic carbocycles. The minimum Gasteiger partial charge on any atom is -0.497 e. The average molecular weight is 420 g/mol. The maximum atomic E-state index is 12.7. The quantitative estimate of drug-likeness (QED) is 0.461. The van der Waals surface area contributed by atoms with Crippen LogP contribution in [0.15, 0.2) is 72.2 Å². The summed E-state index contributed by atoms with van der Waals surface area (Å²) in [5.74, 6) is 1.08. The standard InChI is InChI=1S/C23H21N3O3S/c1-28-18-11-17(12-19(13-18)29-2)24-22(27)14-26-10-6-9-21(26)23-25-20(15-30-23)16-7-4-3-5-8-16/h3-13,15H,14H2,1-2H3,(H,24,27). The first-order valence-electron chi connectivity index (χ1n) is 9.35. The Morgan fingerprint density at radius 3 is 2.47 bits per heavy atom. The van der Waals surface area contributed by atoms with E-state index in [1.807, 2.05) is 58.6 Å². The fourth-order valence-corrected chi connectivity index (χ4v) is 3.98. The van der Waals surface area contributed by atoms with Crippen molar-refractivity contribution >= 4 is 22.9 Å². The molecule has 0 unspecified atom stereocenters. The number of methoxy groups -OCH3 is 2. The van der Waals surface area contributed by atoms with Gasteiger partial charge in [0.2, 0.25) is 5.91 Å². The molecule has 2 aromatic carbocycles. The van der Waals surface area contributed by atoms with Crippen molar-refractivity contribution in [3.05, 3.63) is 72.2 Å². The molecule has 6 nitrogen and oxygen atoms in total. The van der Waals surface area contributed by atoms with Crippen LogP contribution in [0.3, 0.4) is 0 Å². The van der Waals surface area contributed by atoms with E-state index < -0.39 is 0 Å². The van der Waals surface area contributed by atoms with Gasteiger partial charge >= 0.3 is 0 Å². The van der Waals surface area contributed by atoms with Gasteiger partial charge in [0, 0.05) is 41.0 Å². The van der Waals surface area contributed by atoms with Crippen molar-refractivity contribution in [2.75, 3.05) is 19.5 Å². The van der Waals surface area contributed by atoms with E-state index in [0.717, 1.165) is 22.0 Å². The molecule has 0 aliphatic heterocycles. The molecular formula is C23H21N3O3S. The zero-order valence-electron chi connectivity index (χ0n) is 16.7. The number of thiazole rings is 1. The molecule has 7 heteroatoms. The van der Waals surface area contributed by atoms with Gasteiger partial charge in [-0.3, -0.25) is 4.79 Å². The van der Waals surface area contributed by atoms with Gasteiger partial charge in [0.05, 0.1) is 25.6 Å². The maximum absolute atomic E-state index is 12.7.